The van der Waals surface area contributed by atoms with E-state index in [-0.39, 0.29) is 0 Å². The second-order valence-electron chi connectivity index (χ2n) is 4.94. The van der Waals surface area contributed by atoms with Crippen LogP contribution in [0.5, 0.6) is 0 Å². The number of aromatic nitrogens is 2. The summed E-state index contributed by atoms with van der Waals surface area (Å²) in [4.78, 5) is 8.48. The molecule has 1 aromatic heterocycles. The van der Waals surface area contributed by atoms with Crippen molar-refractivity contribution in [1.82, 2.24) is 9.97 Å². The molecule has 0 spiro atoms. The second kappa shape index (κ2) is 5.52. The topological polar surface area (TPSA) is 70.1 Å². The van der Waals surface area contributed by atoms with Gasteiger partial charge in [-0.1, -0.05) is 19.8 Å². The summed E-state index contributed by atoms with van der Waals surface area (Å²) in [6.45, 7) is 2.65. The Balaban J connectivity index is 2.09. The molecule has 0 unspecified atom stereocenters. The molecule has 5 nitrogen and oxygen atoms in total. The van der Waals surface area contributed by atoms with E-state index in [9.17, 15) is 5.11 Å². The molecule has 0 aliphatic heterocycles. The lowest BCUT2D eigenvalue weighted by molar-refractivity contribution is 0.0614. The highest BCUT2D eigenvalue weighted by Gasteiger charge is 2.31. The summed E-state index contributed by atoms with van der Waals surface area (Å²) in [6.07, 6.45) is 6.40. The average Bonchev–Trinajstić information content (AvgIpc) is 2.83. The first-order chi connectivity index (χ1) is 8.68. The summed E-state index contributed by atoms with van der Waals surface area (Å²) >= 11 is 0. The van der Waals surface area contributed by atoms with Gasteiger partial charge >= 0.3 is 0 Å². The quantitative estimate of drug-likeness (QED) is 0.743. The van der Waals surface area contributed by atoms with Crippen molar-refractivity contribution in [3.05, 3.63) is 11.9 Å². The zero-order valence-electron chi connectivity index (χ0n) is 11.2. The minimum atomic E-state index is -0.560. The number of anilines is 2. The zero-order valence-corrected chi connectivity index (χ0v) is 11.2. The van der Waals surface area contributed by atoms with Gasteiger partial charge in [0.05, 0.1) is 5.60 Å². The lowest BCUT2D eigenvalue weighted by atomic mass is 10.0. The molecule has 0 bridgehead atoms. The summed E-state index contributed by atoms with van der Waals surface area (Å²) in [6, 6.07) is 0. The Bertz CT molecular complexity index is 402. The maximum atomic E-state index is 10.3. The molecule has 0 aromatic carbocycles. The first kappa shape index (κ1) is 13.1. The Morgan fingerprint density at radius 3 is 2.56 bits per heavy atom. The molecule has 0 saturated heterocycles. The third-order valence-electron chi connectivity index (χ3n) is 3.65. The van der Waals surface area contributed by atoms with E-state index in [1.54, 1.807) is 6.33 Å². The minimum Gasteiger partial charge on any atom is -0.388 e. The van der Waals surface area contributed by atoms with Gasteiger partial charge in [0.2, 0.25) is 0 Å². The van der Waals surface area contributed by atoms with Crippen molar-refractivity contribution < 1.29 is 5.11 Å². The Labute approximate surface area is 108 Å². The maximum absolute atomic E-state index is 10.3. The fourth-order valence-electron chi connectivity index (χ4n) is 2.57. The van der Waals surface area contributed by atoms with E-state index in [0.29, 0.717) is 6.54 Å². The van der Waals surface area contributed by atoms with Crippen LogP contribution in [0.15, 0.2) is 6.33 Å². The molecule has 5 heteroatoms. The highest BCUT2D eigenvalue weighted by molar-refractivity contribution is 5.57. The Morgan fingerprint density at radius 1 is 1.28 bits per heavy atom. The molecule has 0 atom stereocenters. The summed E-state index contributed by atoms with van der Waals surface area (Å²) in [5.41, 5.74) is 0.511. The molecule has 0 amide bonds. The molecule has 3 N–H and O–H groups in total. The fraction of sp³-hybridized carbons (Fsp3) is 0.692. The Kier molecular flexibility index (Phi) is 4.01. The number of nitrogens with one attached hydrogen (secondary N) is 2. The van der Waals surface area contributed by atoms with E-state index in [4.69, 9.17) is 0 Å². The zero-order chi connectivity index (χ0) is 13.0. The van der Waals surface area contributed by atoms with Gasteiger partial charge in [0, 0.05) is 19.2 Å². The van der Waals surface area contributed by atoms with Gasteiger partial charge in [-0.15, -0.1) is 0 Å². The van der Waals surface area contributed by atoms with Crippen molar-refractivity contribution in [3.8, 4) is 0 Å². The fourth-order valence-corrected chi connectivity index (χ4v) is 2.57. The van der Waals surface area contributed by atoms with E-state index in [0.717, 1.165) is 49.3 Å². The SMILES string of the molecule is CCc1c(NC)ncnc1NCC1(O)CCCC1. The van der Waals surface area contributed by atoms with Crippen LogP contribution in [0, 0.1) is 0 Å². The summed E-state index contributed by atoms with van der Waals surface area (Å²) in [5.74, 6) is 1.69. The monoisotopic (exact) mass is 250 g/mol. The number of nitrogens with zero attached hydrogens (tertiary/aromatic N) is 2. The van der Waals surface area contributed by atoms with E-state index in [2.05, 4.69) is 27.5 Å². The van der Waals surface area contributed by atoms with Gasteiger partial charge < -0.3 is 15.7 Å². The molecule has 1 aliphatic rings. The maximum Gasteiger partial charge on any atom is 0.134 e. The predicted molar refractivity (Wildman–Crippen MR) is 72.9 cm³/mol. The van der Waals surface area contributed by atoms with E-state index in [1.807, 2.05) is 7.05 Å². The van der Waals surface area contributed by atoms with Crippen LogP contribution in [-0.4, -0.2) is 34.3 Å². The van der Waals surface area contributed by atoms with Gasteiger partial charge in [0.1, 0.15) is 18.0 Å². The largest absolute Gasteiger partial charge is 0.388 e. The molecular formula is C13H22N4O. The molecular weight excluding hydrogens is 228 g/mol. The van der Waals surface area contributed by atoms with E-state index in [1.165, 1.54) is 0 Å². The van der Waals surface area contributed by atoms with E-state index < -0.39 is 5.60 Å². The molecule has 1 aliphatic carbocycles. The van der Waals surface area contributed by atoms with Gasteiger partial charge in [0.15, 0.2) is 0 Å². The molecule has 1 aromatic rings. The lowest BCUT2D eigenvalue weighted by Crippen LogP contribution is -2.34. The lowest BCUT2D eigenvalue weighted by Gasteiger charge is -2.23. The molecule has 0 radical (unpaired) electrons. The Hall–Kier alpha value is -1.36. The van der Waals surface area contributed by atoms with Crippen LogP contribution in [0.25, 0.3) is 0 Å². The molecule has 2 rings (SSSR count). The van der Waals surface area contributed by atoms with Gasteiger partial charge in [-0.2, -0.15) is 0 Å². The predicted octanol–water partition coefficient (Wildman–Crippen LogP) is 1.80. The smallest absolute Gasteiger partial charge is 0.134 e. The van der Waals surface area contributed by atoms with Crippen molar-refractivity contribution in [3.63, 3.8) is 0 Å². The molecule has 18 heavy (non-hydrogen) atoms. The van der Waals surface area contributed by atoms with Crippen LogP contribution < -0.4 is 10.6 Å². The van der Waals surface area contributed by atoms with Crippen LogP contribution in [0.2, 0.25) is 0 Å². The standard InChI is InChI=1S/C13H22N4O/c1-3-10-11(14-2)16-9-17-12(10)15-8-13(18)6-4-5-7-13/h9,18H,3-8H2,1-2H3,(H2,14,15,16,17). The van der Waals surface area contributed by atoms with Crippen molar-refractivity contribution in [1.29, 1.82) is 0 Å². The second-order valence-corrected chi connectivity index (χ2v) is 4.94. The summed E-state index contributed by atoms with van der Waals surface area (Å²) in [7, 11) is 1.86. The average molecular weight is 250 g/mol. The van der Waals surface area contributed by atoms with Crippen molar-refractivity contribution in [2.24, 2.45) is 0 Å². The van der Waals surface area contributed by atoms with Crippen molar-refractivity contribution >= 4 is 11.6 Å². The number of rotatable bonds is 5. The van der Waals surface area contributed by atoms with Gasteiger partial charge in [-0.3, -0.25) is 0 Å². The van der Waals surface area contributed by atoms with Gasteiger partial charge in [-0.05, 0) is 19.3 Å². The van der Waals surface area contributed by atoms with Crippen LogP contribution in [0.4, 0.5) is 11.6 Å². The Morgan fingerprint density at radius 2 is 1.94 bits per heavy atom. The van der Waals surface area contributed by atoms with Crippen LogP contribution in [-0.2, 0) is 6.42 Å². The molecule has 1 saturated carbocycles. The van der Waals surface area contributed by atoms with Gasteiger partial charge in [-0.25, -0.2) is 9.97 Å². The van der Waals surface area contributed by atoms with Crippen LogP contribution >= 0.6 is 0 Å². The minimum absolute atomic E-state index is 0.560. The summed E-state index contributed by atoms with van der Waals surface area (Å²) < 4.78 is 0. The molecule has 1 fully saturated rings. The van der Waals surface area contributed by atoms with E-state index >= 15 is 0 Å². The number of aliphatic hydroxyl groups is 1. The van der Waals surface area contributed by atoms with Crippen LogP contribution in [0.3, 0.4) is 0 Å². The highest BCUT2D eigenvalue weighted by Crippen LogP contribution is 2.30. The molecule has 100 valence electrons. The first-order valence-corrected chi connectivity index (χ1v) is 6.66. The number of hydrogen-bond acceptors (Lipinski definition) is 5. The summed E-state index contributed by atoms with van der Waals surface area (Å²) in [5, 5.41) is 16.7. The first-order valence-electron chi connectivity index (χ1n) is 6.66. The highest BCUT2D eigenvalue weighted by atomic mass is 16.3. The van der Waals surface area contributed by atoms with Crippen molar-refractivity contribution in [2.75, 3.05) is 24.2 Å². The number of hydrogen-bond donors (Lipinski definition) is 3. The van der Waals surface area contributed by atoms with Crippen molar-refractivity contribution in [2.45, 2.75) is 44.6 Å². The normalized spacial score (nSPS) is 17.7. The third kappa shape index (κ3) is 2.72. The third-order valence-corrected chi connectivity index (χ3v) is 3.65. The molecule has 1 heterocycles. The van der Waals surface area contributed by atoms with Crippen LogP contribution in [0.1, 0.15) is 38.2 Å². The van der Waals surface area contributed by atoms with Gasteiger partial charge in [0.25, 0.3) is 0 Å².